The van der Waals surface area contributed by atoms with Crippen molar-refractivity contribution in [3.8, 4) is 0 Å². The fourth-order valence-corrected chi connectivity index (χ4v) is 1.24. The van der Waals surface area contributed by atoms with Crippen LogP contribution < -0.4 is 16.8 Å². The van der Waals surface area contributed by atoms with Crippen LogP contribution in [0.3, 0.4) is 0 Å². The van der Waals surface area contributed by atoms with Gasteiger partial charge < -0.3 is 16.8 Å². The molecule has 1 aromatic rings. The Hall–Kier alpha value is -1.55. The van der Waals surface area contributed by atoms with Crippen LogP contribution in [0.1, 0.15) is 5.56 Å². The molecule has 1 rings (SSSR count). The fourth-order valence-electron chi connectivity index (χ4n) is 1.24. The molecule has 0 aliphatic carbocycles. The van der Waals surface area contributed by atoms with Crippen molar-refractivity contribution in [1.82, 2.24) is 0 Å². The first-order chi connectivity index (χ1) is 6.74. The first-order valence-electron chi connectivity index (χ1n) is 4.54. The molecule has 4 heteroatoms. The van der Waals surface area contributed by atoms with Crippen LogP contribution in [0.2, 0.25) is 0 Å². The largest absolute Gasteiger partial charge is 0.384 e. The van der Waals surface area contributed by atoms with E-state index in [0.29, 0.717) is 13.1 Å². The molecule has 0 aliphatic heterocycles. The molecule has 0 atom stereocenters. The second-order valence-corrected chi connectivity index (χ2v) is 3.02. The average molecular weight is 193 g/mol. The summed E-state index contributed by atoms with van der Waals surface area (Å²) in [5, 5.41) is 3.14. The molecule has 5 N–H and O–H groups in total. The summed E-state index contributed by atoms with van der Waals surface area (Å²) < 4.78 is 0. The van der Waals surface area contributed by atoms with Gasteiger partial charge >= 0.3 is 0 Å². The Bertz CT molecular complexity index is 312. The van der Waals surface area contributed by atoms with Crippen LogP contribution in [0.25, 0.3) is 0 Å². The van der Waals surface area contributed by atoms with E-state index < -0.39 is 0 Å². The number of nitrogens with one attached hydrogen (secondary N) is 1. The summed E-state index contributed by atoms with van der Waals surface area (Å²) in [7, 11) is 0. The third-order valence-electron chi connectivity index (χ3n) is 1.84. The molecular weight excluding hydrogens is 178 g/mol. The number of carbonyl (C=O) groups excluding carboxylic acids is 1. The number of benzene rings is 1. The monoisotopic (exact) mass is 193 g/mol. The van der Waals surface area contributed by atoms with E-state index >= 15 is 0 Å². The third kappa shape index (κ3) is 3.06. The van der Waals surface area contributed by atoms with Crippen LogP contribution in [0.15, 0.2) is 24.3 Å². The summed E-state index contributed by atoms with van der Waals surface area (Å²) in [5.74, 6) is -0.327. The van der Waals surface area contributed by atoms with Crippen LogP contribution in [0.5, 0.6) is 0 Å². The highest BCUT2D eigenvalue weighted by atomic mass is 16.1. The Morgan fingerprint density at radius 1 is 1.36 bits per heavy atom. The van der Waals surface area contributed by atoms with Gasteiger partial charge in [-0.25, -0.2) is 0 Å². The highest BCUT2D eigenvalue weighted by Crippen LogP contribution is 2.14. The smallest absolute Gasteiger partial charge is 0.221 e. The predicted octanol–water partition coefficient (Wildman–Crippen LogP) is 0.0850. The maximum absolute atomic E-state index is 10.8. The summed E-state index contributed by atoms with van der Waals surface area (Å²) in [4.78, 5) is 10.8. The summed E-state index contributed by atoms with van der Waals surface area (Å²) in [6.45, 7) is 1.25. The van der Waals surface area contributed by atoms with Crippen molar-refractivity contribution in [1.29, 1.82) is 0 Å². The molecular formula is C10H15N3O. The van der Waals surface area contributed by atoms with Crippen LogP contribution in [-0.4, -0.2) is 19.0 Å². The Balaban J connectivity index is 2.74. The van der Waals surface area contributed by atoms with Crippen molar-refractivity contribution in [2.45, 2.75) is 6.42 Å². The lowest BCUT2D eigenvalue weighted by Gasteiger charge is -2.09. The highest BCUT2D eigenvalue weighted by molar-refractivity contribution is 5.78. The van der Waals surface area contributed by atoms with Gasteiger partial charge in [-0.05, 0) is 11.6 Å². The number of carbonyl (C=O) groups is 1. The SMILES string of the molecule is NCCNc1ccccc1CC(N)=O. The van der Waals surface area contributed by atoms with Gasteiger partial charge in [-0.3, -0.25) is 4.79 Å². The molecule has 1 amide bonds. The maximum atomic E-state index is 10.8. The zero-order valence-electron chi connectivity index (χ0n) is 7.99. The van der Waals surface area contributed by atoms with Crippen molar-refractivity contribution in [2.75, 3.05) is 18.4 Å². The van der Waals surface area contributed by atoms with Gasteiger partial charge in [-0.2, -0.15) is 0 Å². The number of hydrogen-bond acceptors (Lipinski definition) is 3. The molecule has 4 nitrogen and oxygen atoms in total. The van der Waals surface area contributed by atoms with Gasteiger partial charge in [0, 0.05) is 18.8 Å². The van der Waals surface area contributed by atoms with E-state index in [4.69, 9.17) is 11.5 Å². The number of para-hydroxylation sites is 1. The van der Waals surface area contributed by atoms with Crippen LogP contribution in [0.4, 0.5) is 5.69 Å². The first-order valence-corrected chi connectivity index (χ1v) is 4.54. The minimum atomic E-state index is -0.327. The van der Waals surface area contributed by atoms with Crippen molar-refractivity contribution in [3.05, 3.63) is 29.8 Å². The average Bonchev–Trinajstić information content (AvgIpc) is 2.16. The molecule has 0 saturated carbocycles. The predicted molar refractivity (Wildman–Crippen MR) is 56.9 cm³/mol. The topological polar surface area (TPSA) is 81.1 Å². The Morgan fingerprint density at radius 2 is 2.07 bits per heavy atom. The zero-order valence-corrected chi connectivity index (χ0v) is 7.99. The van der Waals surface area contributed by atoms with Crippen LogP contribution in [0, 0.1) is 0 Å². The summed E-state index contributed by atoms with van der Waals surface area (Å²) in [6.07, 6.45) is 0.258. The standard InChI is InChI=1S/C10H15N3O/c11-5-6-13-9-4-2-1-3-8(9)7-10(12)14/h1-4,13H,5-7,11H2,(H2,12,14). The molecule has 0 aromatic heterocycles. The Labute approximate surface area is 83.3 Å². The van der Waals surface area contributed by atoms with Gasteiger partial charge in [0.1, 0.15) is 0 Å². The number of amides is 1. The molecule has 0 bridgehead atoms. The highest BCUT2D eigenvalue weighted by Gasteiger charge is 2.03. The van der Waals surface area contributed by atoms with E-state index in [1.807, 2.05) is 24.3 Å². The van der Waals surface area contributed by atoms with Gasteiger partial charge in [0.2, 0.25) is 5.91 Å². The molecule has 0 fully saturated rings. The van der Waals surface area contributed by atoms with E-state index in [2.05, 4.69) is 5.32 Å². The molecule has 0 heterocycles. The summed E-state index contributed by atoms with van der Waals surface area (Å²) >= 11 is 0. The second kappa shape index (κ2) is 5.24. The lowest BCUT2D eigenvalue weighted by Crippen LogP contribution is -2.17. The number of rotatable bonds is 5. The fraction of sp³-hybridized carbons (Fsp3) is 0.300. The lowest BCUT2D eigenvalue weighted by molar-refractivity contribution is -0.117. The molecule has 0 unspecified atom stereocenters. The lowest BCUT2D eigenvalue weighted by atomic mass is 10.1. The zero-order chi connectivity index (χ0) is 10.4. The van der Waals surface area contributed by atoms with E-state index in [9.17, 15) is 4.79 Å². The second-order valence-electron chi connectivity index (χ2n) is 3.02. The molecule has 76 valence electrons. The molecule has 0 radical (unpaired) electrons. The van der Waals surface area contributed by atoms with Gasteiger partial charge in [0.05, 0.1) is 6.42 Å². The molecule has 0 saturated heterocycles. The van der Waals surface area contributed by atoms with Gasteiger partial charge in [0.25, 0.3) is 0 Å². The number of primary amides is 1. The minimum Gasteiger partial charge on any atom is -0.384 e. The van der Waals surface area contributed by atoms with Crippen LogP contribution in [-0.2, 0) is 11.2 Å². The Kier molecular flexibility index (Phi) is 3.94. The summed E-state index contributed by atoms with van der Waals surface area (Å²) in [6, 6.07) is 7.58. The van der Waals surface area contributed by atoms with E-state index in [-0.39, 0.29) is 12.3 Å². The minimum absolute atomic E-state index is 0.258. The number of hydrogen-bond donors (Lipinski definition) is 3. The maximum Gasteiger partial charge on any atom is 0.221 e. The van der Waals surface area contributed by atoms with Crippen molar-refractivity contribution >= 4 is 11.6 Å². The molecule has 0 spiro atoms. The molecule has 14 heavy (non-hydrogen) atoms. The van der Waals surface area contributed by atoms with E-state index in [1.165, 1.54) is 0 Å². The molecule has 0 aliphatic rings. The first kappa shape index (κ1) is 10.5. The molecule has 1 aromatic carbocycles. The van der Waals surface area contributed by atoms with E-state index in [1.54, 1.807) is 0 Å². The number of nitrogens with two attached hydrogens (primary N) is 2. The van der Waals surface area contributed by atoms with Crippen molar-refractivity contribution in [2.24, 2.45) is 11.5 Å². The Morgan fingerprint density at radius 3 is 2.71 bits per heavy atom. The number of anilines is 1. The van der Waals surface area contributed by atoms with Gasteiger partial charge in [-0.1, -0.05) is 18.2 Å². The summed E-state index contributed by atoms with van der Waals surface area (Å²) in [5.41, 5.74) is 12.3. The van der Waals surface area contributed by atoms with E-state index in [0.717, 1.165) is 11.3 Å². The third-order valence-corrected chi connectivity index (χ3v) is 1.84. The van der Waals surface area contributed by atoms with Crippen molar-refractivity contribution in [3.63, 3.8) is 0 Å². The quantitative estimate of drug-likeness (QED) is 0.619. The van der Waals surface area contributed by atoms with Crippen LogP contribution >= 0.6 is 0 Å². The van der Waals surface area contributed by atoms with Gasteiger partial charge in [0.15, 0.2) is 0 Å². The van der Waals surface area contributed by atoms with Gasteiger partial charge in [-0.15, -0.1) is 0 Å². The normalized spacial score (nSPS) is 9.79. The van der Waals surface area contributed by atoms with Crippen molar-refractivity contribution < 1.29 is 4.79 Å².